The first-order chi connectivity index (χ1) is 17.6. The Kier molecular flexibility index (Phi) is 5.98. The Balaban J connectivity index is 1.26. The fourth-order valence-electron chi connectivity index (χ4n) is 4.77. The van der Waals surface area contributed by atoms with E-state index in [1.807, 2.05) is 31.6 Å². The molecule has 0 atom stereocenters. The van der Waals surface area contributed by atoms with Crippen molar-refractivity contribution in [2.45, 2.75) is 12.8 Å². The quantitative estimate of drug-likeness (QED) is 0.424. The summed E-state index contributed by atoms with van der Waals surface area (Å²) in [6, 6.07) is 6.15. The summed E-state index contributed by atoms with van der Waals surface area (Å²) < 4.78 is 1.75. The van der Waals surface area contributed by atoms with Crippen molar-refractivity contribution in [3.63, 3.8) is 0 Å². The van der Waals surface area contributed by atoms with Crippen LogP contribution in [-0.4, -0.2) is 80.9 Å². The number of likely N-dealkylation sites (N-methyl/N-ethyl adjacent to an activating group) is 1. The van der Waals surface area contributed by atoms with Crippen LogP contribution < -0.4 is 20.4 Å². The maximum atomic E-state index is 4.89. The van der Waals surface area contributed by atoms with Crippen LogP contribution in [0.15, 0.2) is 43.0 Å². The summed E-state index contributed by atoms with van der Waals surface area (Å²) in [5, 5.41) is 11.8. The predicted octanol–water partition coefficient (Wildman–Crippen LogP) is 2.99. The molecular weight excluding hydrogens is 454 g/mol. The number of hydrogen-bond donors (Lipinski definition) is 2. The van der Waals surface area contributed by atoms with Gasteiger partial charge in [-0.2, -0.15) is 10.1 Å². The fraction of sp³-hybridized carbons (Fsp3) is 0.400. The van der Waals surface area contributed by atoms with E-state index >= 15 is 0 Å². The second-order valence-electron chi connectivity index (χ2n) is 9.50. The Morgan fingerprint density at radius 3 is 2.31 bits per heavy atom. The number of rotatable bonds is 6. The number of piperazine rings is 1. The van der Waals surface area contributed by atoms with Gasteiger partial charge in [0, 0.05) is 57.9 Å². The van der Waals surface area contributed by atoms with E-state index < -0.39 is 0 Å². The van der Waals surface area contributed by atoms with E-state index in [2.05, 4.69) is 53.5 Å². The van der Waals surface area contributed by atoms with Crippen molar-refractivity contribution in [2.75, 3.05) is 66.7 Å². The molecule has 0 spiro atoms. The molecule has 2 saturated heterocycles. The van der Waals surface area contributed by atoms with Gasteiger partial charge < -0.3 is 25.3 Å². The van der Waals surface area contributed by atoms with Crippen LogP contribution in [0.25, 0.3) is 10.9 Å². The first kappa shape index (κ1) is 22.5. The van der Waals surface area contributed by atoms with Gasteiger partial charge in [0.25, 0.3) is 0 Å². The number of nitrogens with one attached hydrogen (secondary N) is 2. The summed E-state index contributed by atoms with van der Waals surface area (Å²) in [6.45, 7) is 6.16. The zero-order valence-electron chi connectivity index (χ0n) is 20.7. The minimum absolute atomic E-state index is 0.543. The lowest BCUT2D eigenvalue weighted by molar-refractivity contribution is 0.313. The largest absolute Gasteiger partial charge is 0.368 e. The third-order valence-corrected chi connectivity index (χ3v) is 6.80. The van der Waals surface area contributed by atoms with Crippen molar-refractivity contribution >= 4 is 45.7 Å². The molecule has 0 aromatic carbocycles. The standard InChI is InChI=1S/C25H31N11/c1-33-9-11-35(12-10-33)19-5-6-22(26-15-19)31-23-13-20-21(16-27-23)30-25(29-18-14-28-34(2)17-18)32-24(20)36-7-3-4-8-36/h5-6,13-17H,3-4,7-12H2,1-2H3,(H,26,27,31)(H,29,30,32). The van der Waals surface area contributed by atoms with Gasteiger partial charge in [-0.1, -0.05) is 0 Å². The molecule has 0 saturated carbocycles. The molecule has 11 nitrogen and oxygen atoms in total. The molecule has 2 N–H and O–H groups in total. The maximum absolute atomic E-state index is 4.89. The molecule has 186 valence electrons. The molecule has 2 aliphatic heterocycles. The van der Waals surface area contributed by atoms with E-state index in [4.69, 9.17) is 9.97 Å². The van der Waals surface area contributed by atoms with Crippen LogP contribution in [-0.2, 0) is 7.05 Å². The smallest absolute Gasteiger partial charge is 0.229 e. The molecule has 11 heteroatoms. The van der Waals surface area contributed by atoms with E-state index in [1.165, 1.54) is 0 Å². The van der Waals surface area contributed by atoms with Gasteiger partial charge in [0.1, 0.15) is 17.5 Å². The number of anilines is 6. The number of aryl methyl sites for hydroxylation is 1. The summed E-state index contributed by atoms with van der Waals surface area (Å²) in [5.74, 6) is 2.95. The minimum atomic E-state index is 0.543. The molecule has 6 heterocycles. The highest BCUT2D eigenvalue weighted by molar-refractivity contribution is 5.92. The van der Waals surface area contributed by atoms with Gasteiger partial charge in [0.05, 0.1) is 35.5 Å². The van der Waals surface area contributed by atoms with Gasteiger partial charge in [-0.05, 0) is 38.1 Å². The zero-order chi connectivity index (χ0) is 24.5. The van der Waals surface area contributed by atoms with Gasteiger partial charge in [-0.3, -0.25) is 4.68 Å². The third kappa shape index (κ3) is 4.74. The Hall–Kier alpha value is -3.99. The molecular formula is C25H31N11. The lowest BCUT2D eigenvalue weighted by Crippen LogP contribution is -2.44. The van der Waals surface area contributed by atoms with E-state index in [0.29, 0.717) is 5.95 Å². The molecule has 36 heavy (non-hydrogen) atoms. The van der Waals surface area contributed by atoms with Crippen molar-refractivity contribution < 1.29 is 0 Å². The monoisotopic (exact) mass is 485 g/mol. The van der Waals surface area contributed by atoms with Gasteiger partial charge in [0.2, 0.25) is 5.95 Å². The highest BCUT2D eigenvalue weighted by atomic mass is 15.3. The van der Waals surface area contributed by atoms with Crippen LogP contribution >= 0.6 is 0 Å². The Bertz CT molecular complexity index is 1340. The molecule has 4 aromatic heterocycles. The second-order valence-corrected chi connectivity index (χ2v) is 9.50. The summed E-state index contributed by atoms with van der Waals surface area (Å²) in [4.78, 5) is 25.9. The predicted molar refractivity (Wildman–Crippen MR) is 143 cm³/mol. The van der Waals surface area contributed by atoms with Gasteiger partial charge in [0.15, 0.2) is 0 Å². The van der Waals surface area contributed by atoms with Crippen LogP contribution in [0.1, 0.15) is 12.8 Å². The Morgan fingerprint density at radius 1 is 0.778 bits per heavy atom. The highest BCUT2D eigenvalue weighted by Crippen LogP contribution is 2.31. The molecule has 0 aliphatic carbocycles. The lowest BCUT2D eigenvalue weighted by Gasteiger charge is -2.33. The summed E-state index contributed by atoms with van der Waals surface area (Å²) in [7, 11) is 4.05. The first-order valence-electron chi connectivity index (χ1n) is 12.5. The molecule has 2 aliphatic rings. The summed E-state index contributed by atoms with van der Waals surface area (Å²) in [5.41, 5.74) is 2.79. The molecule has 4 aromatic rings. The molecule has 0 bridgehead atoms. The molecule has 0 amide bonds. The normalized spacial score (nSPS) is 16.6. The first-order valence-corrected chi connectivity index (χ1v) is 12.5. The molecule has 0 unspecified atom stereocenters. The lowest BCUT2D eigenvalue weighted by atomic mass is 10.2. The van der Waals surface area contributed by atoms with Crippen LogP contribution in [0.2, 0.25) is 0 Å². The van der Waals surface area contributed by atoms with Gasteiger partial charge >= 0.3 is 0 Å². The number of aromatic nitrogens is 6. The number of pyridine rings is 2. The SMILES string of the molecule is CN1CCN(c2ccc(Nc3cc4c(N5CCCC5)nc(Nc5cnn(C)c5)nc4cn3)nc2)CC1. The Labute approximate surface area is 210 Å². The molecule has 6 rings (SSSR count). The second kappa shape index (κ2) is 9.57. The number of hydrogen-bond acceptors (Lipinski definition) is 10. The van der Waals surface area contributed by atoms with Crippen molar-refractivity contribution in [1.29, 1.82) is 0 Å². The molecule has 0 radical (unpaired) electrons. The maximum Gasteiger partial charge on any atom is 0.229 e. The van der Waals surface area contributed by atoms with Crippen LogP contribution in [0.3, 0.4) is 0 Å². The minimum Gasteiger partial charge on any atom is -0.368 e. The van der Waals surface area contributed by atoms with Crippen molar-refractivity contribution in [3.8, 4) is 0 Å². The van der Waals surface area contributed by atoms with Crippen LogP contribution in [0, 0.1) is 0 Å². The molecule has 2 fully saturated rings. The number of nitrogens with zero attached hydrogens (tertiary/aromatic N) is 9. The van der Waals surface area contributed by atoms with Crippen LogP contribution in [0.4, 0.5) is 34.8 Å². The third-order valence-electron chi connectivity index (χ3n) is 6.80. The fourth-order valence-corrected chi connectivity index (χ4v) is 4.77. The summed E-state index contributed by atoms with van der Waals surface area (Å²) >= 11 is 0. The topological polar surface area (TPSA) is 103 Å². The average molecular weight is 486 g/mol. The highest BCUT2D eigenvalue weighted by Gasteiger charge is 2.20. The van der Waals surface area contributed by atoms with E-state index in [1.54, 1.807) is 17.1 Å². The van der Waals surface area contributed by atoms with Crippen molar-refractivity contribution in [2.24, 2.45) is 7.05 Å². The van der Waals surface area contributed by atoms with Crippen molar-refractivity contribution in [3.05, 3.63) is 43.0 Å². The average Bonchev–Trinajstić information content (AvgIpc) is 3.57. The van der Waals surface area contributed by atoms with E-state index in [0.717, 1.165) is 91.8 Å². The van der Waals surface area contributed by atoms with Gasteiger partial charge in [-0.15, -0.1) is 0 Å². The van der Waals surface area contributed by atoms with Gasteiger partial charge in [-0.25, -0.2) is 15.0 Å². The van der Waals surface area contributed by atoms with E-state index in [9.17, 15) is 0 Å². The Morgan fingerprint density at radius 2 is 1.58 bits per heavy atom. The van der Waals surface area contributed by atoms with Crippen LogP contribution in [0.5, 0.6) is 0 Å². The summed E-state index contributed by atoms with van der Waals surface area (Å²) in [6.07, 6.45) is 9.72. The zero-order valence-corrected chi connectivity index (χ0v) is 20.7. The number of fused-ring (bicyclic) bond motifs is 1. The van der Waals surface area contributed by atoms with Crippen molar-refractivity contribution in [1.82, 2.24) is 34.6 Å². The van der Waals surface area contributed by atoms with E-state index in [-0.39, 0.29) is 0 Å².